The maximum Gasteiger partial charge on any atom is 0.241 e. The van der Waals surface area contributed by atoms with Gasteiger partial charge in [0, 0.05) is 11.9 Å². The van der Waals surface area contributed by atoms with Gasteiger partial charge in [-0.2, -0.15) is 0 Å². The van der Waals surface area contributed by atoms with E-state index in [2.05, 4.69) is 9.71 Å². The average Bonchev–Trinajstić information content (AvgIpc) is 2.46. The summed E-state index contributed by atoms with van der Waals surface area (Å²) in [6.45, 7) is 3.97. The summed E-state index contributed by atoms with van der Waals surface area (Å²) in [5.74, 6) is 0. The van der Waals surface area contributed by atoms with Crippen molar-refractivity contribution in [2.75, 3.05) is 5.73 Å². The Morgan fingerprint density at radius 3 is 2.71 bits per heavy atom. The highest BCUT2D eigenvalue weighted by molar-refractivity contribution is 7.89. The van der Waals surface area contributed by atoms with Crippen LogP contribution in [0.3, 0.4) is 0 Å². The minimum absolute atomic E-state index is 0.160. The molecule has 6 heteroatoms. The largest absolute Gasteiger partial charge is 0.399 e. The molecule has 1 aromatic carbocycles. The number of nitrogens with two attached hydrogens (primary N) is 1. The summed E-state index contributed by atoms with van der Waals surface area (Å²) in [6, 6.07) is 8.66. The van der Waals surface area contributed by atoms with Gasteiger partial charge in [0.25, 0.3) is 0 Å². The van der Waals surface area contributed by atoms with Gasteiger partial charge in [0.15, 0.2) is 0 Å². The Kier molecular flexibility index (Phi) is 4.59. The van der Waals surface area contributed by atoms with E-state index in [1.165, 1.54) is 6.07 Å². The first-order valence-electron chi connectivity index (χ1n) is 6.72. The molecule has 0 radical (unpaired) electrons. The molecule has 1 aromatic heterocycles. The van der Waals surface area contributed by atoms with Crippen LogP contribution in [0.2, 0.25) is 0 Å². The Balaban J connectivity index is 2.27. The Bertz CT molecular complexity index is 742. The highest BCUT2D eigenvalue weighted by Gasteiger charge is 2.18. The average molecular weight is 305 g/mol. The third kappa shape index (κ3) is 3.59. The predicted octanol–water partition coefficient (Wildman–Crippen LogP) is 2.01. The number of hydrogen-bond donors (Lipinski definition) is 2. The number of hydrogen-bond acceptors (Lipinski definition) is 4. The third-order valence-electron chi connectivity index (χ3n) is 3.31. The number of nitrogen functional groups attached to an aromatic ring is 1. The number of nitrogens with one attached hydrogen (secondary N) is 1. The zero-order chi connectivity index (χ0) is 15.5. The van der Waals surface area contributed by atoms with Gasteiger partial charge in [-0.25, -0.2) is 13.1 Å². The van der Waals surface area contributed by atoms with Crippen LogP contribution in [0, 0.1) is 6.92 Å². The van der Waals surface area contributed by atoms with Gasteiger partial charge in [-0.15, -0.1) is 0 Å². The molecule has 0 saturated carbocycles. The first-order chi connectivity index (χ1) is 9.94. The molecule has 1 heterocycles. The van der Waals surface area contributed by atoms with E-state index < -0.39 is 10.0 Å². The SMILES string of the molecule is CCc1ccc(N)cc1S(=O)(=O)NCc1ncccc1C. The molecule has 112 valence electrons. The molecule has 0 amide bonds. The molecule has 0 aliphatic carbocycles. The molecule has 0 aliphatic rings. The van der Waals surface area contributed by atoms with Crippen LogP contribution in [0.1, 0.15) is 23.7 Å². The number of nitrogens with zero attached hydrogens (tertiary/aromatic N) is 1. The number of rotatable bonds is 5. The monoisotopic (exact) mass is 305 g/mol. The summed E-state index contributed by atoms with van der Waals surface area (Å²) in [5.41, 5.74) is 8.54. The number of benzene rings is 1. The smallest absolute Gasteiger partial charge is 0.241 e. The van der Waals surface area contributed by atoms with Crippen LogP contribution < -0.4 is 10.5 Å². The van der Waals surface area contributed by atoms with Crippen molar-refractivity contribution in [2.45, 2.75) is 31.7 Å². The van der Waals surface area contributed by atoms with Crippen molar-refractivity contribution >= 4 is 15.7 Å². The highest BCUT2D eigenvalue weighted by atomic mass is 32.2. The van der Waals surface area contributed by atoms with Crippen molar-refractivity contribution in [3.8, 4) is 0 Å². The standard InChI is InChI=1S/C15H19N3O2S/c1-3-12-6-7-13(16)9-15(12)21(19,20)18-10-14-11(2)5-4-8-17-14/h4-9,18H,3,10,16H2,1-2H3. The second kappa shape index (κ2) is 6.24. The van der Waals surface area contributed by atoms with E-state index in [0.717, 1.165) is 11.1 Å². The fourth-order valence-corrected chi connectivity index (χ4v) is 3.39. The van der Waals surface area contributed by atoms with Crippen molar-refractivity contribution in [3.05, 3.63) is 53.3 Å². The number of aromatic nitrogens is 1. The Labute approximate surface area is 125 Å². The predicted molar refractivity (Wildman–Crippen MR) is 83.2 cm³/mol. The molecule has 0 fully saturated rings. The van der Waals surface area contributed by atoms with Gasteiger partial charge in [0.1, 0.15) is 0 Å². The van der Waals surface area contributed by atoms with Crippen LogP contribution in [0.5, 0.6) is 0 Å². The van der Waals surface area contributed by atoms with E-state index in [0.29, 0.717) is 17.8 Å². The van der Waals surface area contributed by atoms with Crippen LogP contribution in [0.4, 0.5) is 5.69 Å². The molecule has 5 nitrogen and oxygen atoms in total. The summed E-state index contributed by atoms with van der Waals surface area (Å²) < 4.78 is 27.5. The van der Waals surface area contributed by atoms with Gasteiger partial charge < -0.3 is 5.73 Å². The maximum absolute atomic E-state index is 12.5. The molecule has 0 bridgehead atoms. The second-order valence-electron chi connectivity index (χ2n) is 4.81. The molecule has 2 aromatic rings. The lowest BCUT2D eigenvalue weighted by Gasteiger charge is -2.12. The van der Waals surface area contributed by atoms with Crippen molar-refractivity contribution < 1.29 is 8.42 Å². The van der Waals surface area contributed by atoms with Crippen LogP contribution in [-0.4, -0.2) is 13.4 Å². The second-order valence-corrected chi connectivity index (χ2v) is 6.55. The Hall–Kier alpha value is -1.92. The van der Waals surface area contributed by atoms with Crippen LogP contribution in [-0.2, 0) is 23.0 Å². The zero-order valence-corrected chi connectivity index (χ0v) is 12.9. The summed E-state index contributed by atoms with van der Waals surface area (Å²) in [5, 5.41) is 0. The Morgan fingerprint density at radius 1 is 1.29 bits per heavy atom. The minimum atomic E-state index is -3.61. The molecular formula is C15H19N3O2S. The number of aryl methyl sites for hydroxylation is 2. The molecule has 0 atom stereocenters. The molecule has 0 saturated heterocycles. The molecule has 0 unspecified atom stereocenters. The van der Waals surface area contributed by atoms with E-state index in [1.807, 2.05) is 26.0 Å². The molecule has 3 N–H and O–H groups in total. The molecular weight excluding hydrogens is 286 g/mol. The van der Waals surface area contributed by atoms with Gasteiger partial charge in [-0.1, -0.05) is 19.1 Å². The number of anilines is 1. The normalized spacial score (nSPS) is 11.5. The van der Waals surface area contributed by atoms with E-state index in [1.54, 1.807) is 18.3 Å². The van der Waals surface area contributed by atoms with Crippen molar-refractivity contribution in [2.24, 2.45) is 0 Å². The van der Waals surface area contributed by atoms with E-state index in [4.69, 9.17) is 5.73 Å². The van der Waals surface area contributed by atoms with Gasteiger partial charge >= 0.3 is 0 Å². The fourth-order valence-electron chi connectivity index (χ4n) is 2.06. The first kappa shape index (κ1) is 15.5. The molecule has 0 spiro atoms. The molecule has 0 aliphatic heterocycles. The quantitative estimate of drug-likeness (QED) is 0.828. The van der Waals surface area contributed by atoms with Gasteiger partial charge in [-0.3, -0.25) is 4.98 Å². The molecule has 21 heavy (non-hydrogen) atoms. The summed E-state index contributed by atoms with van der Waals surface area (Å²) in [7, 11) is -3.61. The zero-order valence-electron chi connectivity index (χ0n) is 12.1. The van der Waals surface area contributed by atoms with Crippen molar-refractivity contribution in [1.29, 1.82) is 0 Å². The third-order valence-corrected chi connectivity index (χ3v) is 4.79. The summed E-state index contributed by atoms with van der Waals surface area (Å²) >= 11 is 0. The van der Waals surface area contributed by atoms with Gasteiger partial charge in [0.2, 0.25) is 10.0 Å². The summed E-state index contributed by atoms with van der Waals surface area (Å²) in [6.07, 6.45) is 2.27. The summed E-state index contributed by atoms with van der Waals surface area (Å²) in [4.78, 5) is 4.42. The lowest BCUT2D eigenvalue weighted by molar-refractivity contribution is 0.579. The van der Waals surface area contributed by atoms with Crippen molar-refractivity contribution in [1.82, 2.24) is 9.71 Å². The van der Waals surface area contributed by atoms with Crippen molar-refractivity contribution in [3.63, 3.8) is 0 Å². The van der Waals surface area contributed by atoms with E-state index in [9.17, 15) is 8.42 Å². The van der Waals surface area contributed by atoms with Crippen LogP contribution in [0.25, 0.3) is 0 Å². The minimum Gasteiger partial charge on any atom is -0.399 e. The fraction of sp³-hybridized carbons (Fsp3) is 0.267. The molecule has 2 rings (SSSR count). The lowest BCUT2D eigenvalue weighted by atomic mass is 10.1. The number of sulfonamides is 1. The first-order valence-corrected chi connectivity index (χ1v) is 8.21. The number of pyridine rings is 1. The van der Waals surface area contributed by atoms with E-state index >= 15 is 0 Å². The van der Waals surface area contributed by atoms with Gasteiger partial charge in [0.05, 0.1) is 17.1 Å². The lowest BCUT2D eigenvalue weighted by Crippen LogP contribution is -2.25. The van der Waals surface area contributed by atoms with Gasteiger partial charge in [-0.05, 0) is 42.7 Å². The maximum atomic E-state index is 12.5. The van der Waals surface area contributed by atoms with E-state index in [-0.39, 0.29) is 11.4 Å². The highest BCUT2D eigenvalue weighted by Crippen LogP contribution is 2.20. The van der Waals surface area contributed by atoms with Crippen LogP contribution in [0.15, 0.2) is 41.4 Å². The Morgan fingerprint density at radius 2 is 2.05 bits per heavy atom. The van der Waals surface area contributed by atoms with Crippen LogP contribution >= 0.6 is 0 Å². The topological polar surface area (TPSA) is 85.1 Å².